The fourth-order valence-corrected chi connectivity index (χ4v) is 1.69. The molecule has 1 rings (SSSR count). The van der Waals surface area contributed by atoms with Crippen LogP contribution >= 0.6 is 0 Å². The number of methoxy groups -OCH3 is 1. The third kappa shape index (κ3) is 4.73. The number of nitrogens with zero attached hydrogens (tertiary/aromatic N) is 1. The maximum atomic E-state index is 5.41. The Morgan fingerprint density at radius 1 is 1.38 bits per heavy atom. The van der Waals surface area contributed by atoms with Gasteiger partial charge in [-0.25, -0.2) is 0 Å². The summed E-state index contributed by atoms with van der Waals surface area (Å²) in [7, 11) is 1.76. The average molecular weight is 222 g/mol. The highest BCUT2D eigenvalue weighted by Gasteiger charge is 2.19. The summed E-state index contributed by atoms with van der Waals surface area (Å²) in [6.07, 6.45) is 4.64. The van der Waals surface area contributed by atoms with Crippen LogP contribution in [0.15, 0.2) is 24.5 Å². The maximum Gasteiger partial charge on any atom is 0.0637 e. The lowest BCUT2D eigenvalue weighted by atomic mass is 10.00. The summed E-state index contributed by atoms with van der Waals surface area (Å²) < 4.78 is 5.41. The molecule has 1 aromatic rings. The first-order chi connectivity index (χ1) is 7.53. The fourth-order valence-electron chi connectivity index (χ4n) is 1.69. The van der Waals surface area contributed by atoms with Crippen molar-refractivity contribution in [2.75, 3.05) is 7.11 Å². The molecule has 0 radical (unpaired) electrons. The number of rotatable bonds is 6. The molecule has 0 fully saturated rings. The zero-order chi connectivity index (χ0) is 12.0. The van der Waals surface area contributed by atoms with Crippen molar-refractivity contribution in [2.24, 2.45) is 0 Å². The molecule has 1 N–H and O–H groups in total. The van der Waals surface area contributed by atoms with Crippen LogP contribution in [0, 0.1) is 0 Å². The van der Waals surface area contributed by atoms with E-state index in [1.165, 1.54) is 5.56 Å². The van der Waals surface area contributed by atoms with E-state index < -0.39 is 0 Å². The van der Waals surface area contributed by atoms with Crippen molar-refractivity contribution in [1.29, 1.82) is 0 Å². The minimum atomic E-state index is -0.0648. The minimum absolute atomic E-state index is 0.0648. The highest BCUT2D eigenvalue weighted by Crippen LogP contribution is 2.15. The molecule has 0 aliphatic rings. The smallest absolute Gasteiger partial charge is 0.0637 e. The van der Waals surface area contributed by atoms with Crippen molar-refractivity contribution in [3.05, 3.63) is 30.1 Å². The van der Waals surface area contributed by atoms with E-state index in [1.807, 2.05) is 24.5 Å². The van der Waals surface area contributed by atoms with Crippen molar-refractivity contribution in [3.8, 4) is 0 Å². The Morgan fingerprint density at radius 3 is 2.56 bits per heavy atom. The Kier molecular flexibility index (Phi) is 4.90. The van der Waals surface area contributed by atoms with E-state index >= 15 is 0 Å². The molecule has 3 nitrogen and oxygen atoms in total. The second kappa shape index (κ2) is 5.97. The molecule has 0 aromatic carbocycles. The van der Waals surface area contributed by atoms with Gasteiger partial charge in [0.25, 0.3) is 0 Å². The van der Waals surface area contributed by atoms with Gasteiger partial charge >= 0.3 is 0 Å². The van der Waals surface area contributed by atoms with Gasteiger partial charge in [-0.2, -0.15) is 0 Å². The van der Waals surface area contributed by atoms with Gasteiger partial charge in [-0.1, -0.05) is 0 Å². The number of nitrogens with one attached hydrogen (secondary N) is 1. The second-order valence-electron chi connectivity index (χ2n) is 4.81. The Labute approximate surface area is 98.2 Å². The molecule has 0 amide bonds. The summed E-state index contributed by atoms with van der Waals surface area (Å²) in [5.41, 5.74) is 1.20. The third-order valence-electron chi connectivity index (χ3n) is 2.75. The van der Waals surface area contributed by atoms with Crippen molar-refractivity contribution in [2.45, 2.75) is 45.4 Å². The lowest BCUT2D eigenvalue weighted by Gasteiger charge is -2.27. The van der Waals surface area contributed by atoms with Gasteiger partial charge in [0, 0.05) is 32.1 Å². The molecule has 90 valence electrons. The zero-order valence-electron chi connectivity index (χ0n) is 10.7. The van der Waals surface area contributed by atoms with Gasteiger partial charge in [0.05, 0.1) is 5.60 Å². The summed E-state index contributed by atoms with van der Waals surface area (Å²) >= 11 is 0. The zero-order valence-corrected chi connectivity index (χ0v) is 10.7. The van der Waals surface area contributed by atoms with E-state index in [0.717, 1.165) is 13.0 Å². The molecule has 1 aromatic heterocycles. The minimum Gasteiger partial charge on any atom is -0.379 e. The lowest BCUT2D eigenvalue weighted by molar-refractivity contribution is 0.00844. The van der Waals surface area contributed by atoms with E-state index in [9.17, 15) is 0 Å². The highest BCUT2D eigenvalue weighted by atomic mass is 16.5. The van der Waals surface area contributed by atoms with Crippen molar-refractivity contribution in [3.63, 3.8) is 0 Å². The van der Waals surface area contributed by atoms with Crippen LogP contribution < -0.4 is 5.32 Å². The van der Waals surface area contributed by atoms with Crippen LogP contribution in [0.5, 0.6) is 0 Å². The van der Waals surface area contributed by atoms with Crippen LogP contribution in [0.3, 0.4) is 0 Å². The molecule has 1 heterocycles. The molecule has 1 atom stereocenters. The van der Waals surface area contributed by atoms with Crippen LogP contribution in [-0.2, 0) is 11.3 Å². The molecule has 3 heteroatoms. The summed E-state index contributed by atoms with van der Waals surface area (Å²) in [4.78, 5) is 4.00. The van der Waals surface area contributed by atoms with Gasteiger partial charge < -0.3 is 10.1 Å². The summed E-state index contributed by atoms with van der Waals surface area (Å²) in [5.74, 6) is 0. The summed E-state index contributed by atoms with van der Waals surface area (Å²) in [5, 5.41) is 3.48. The second-order valence-corrected chi connectivity index (χ2v) is 4.81. The quantitative estimate of drug-likeness (QED) is 0.802. The van der Waals surface area contributed by atoms with Crippen LogP contribution in [0.1, 0.15) is 32.8 Å². The van der Waals surface area contributed by atoms with Crippen molar-refractivity contribution >= 4 is 0 Å². The standard InChI is InChI=1S/C13H22N2O/c1-11(9-13(2,3)16-4)15-10-12-5-7-14-8-6-12/h5-8,11,15H,9-10H2,1-4H3/t11-/m1/s1. The fraction of sp³-hybridized carbons (Fsp3) is 0.615. The SMILES string of the molecule is COC(C)(C)C[C@@H](C)NCc1ccncc1. The van der Waals surface area contributed by atoms with E-state index in [-0.39, 0.29) is 5.60 Å². The van der Waals surface area contributed by atoms with Gasteiger partial charge in [0.1, 0.15) is 0 Å². The Balaban J connectivity index is 2.33. The predicted molar refractivity (Wildman–Crippen MR) is 66.2 cm³/mol. The van der Waals surface area contributed by atoms with Gasteiger partial charge in [-0.3, -0.25) is 4.98 Å². The molecule has 0 spiro atoms. The monoisotopic (exact) mass is 222 g/mol. The van der Waals surface area contributed by atoms with Crippen molar-refractivity contribution < 1.29 is 4.74 Å². The van der Waals surface area contributed by atoms with E-state index in [4.69, 9.17) is 4.74 Å². The summed E-state index contributed by atoms with van der Waals surface area (Å²) in [6.45, 7) is 7.28. The normalized spacial score (nSPS) is 13.8. The number of hydrogen-bond acceptors (Lipinski definition) is 3. The third-order valence-corrected chi connectivity index (χ3v) is 2.75. The van der Waals surface area contributed by atoms with Crippen LogP contribution in [0.2, 0.25) is 0 Å². The van der Waals surface area contributed by atoms with Gasteiger partial charge in [0.15, 0.2) is 0 Å². The number of aromatic nitrogens is 1. The Hall–Kier alpha value is -0.930. The first-order valence-electron chi connectivity index (χ1n) is 5.71. The first kappa shape index (κ1) is 13.1. The average Bonchev–Trinajstić information content (AvgIpc) is 2.27. The largest absolute Gasteiger partial charge is 0.379 e. The summed E-state index contributed by atoms with van der Waals surface area (Å²) in [6, 6.07) is 4.49. The van der Waals surface area contributed by atoms with Gasteiger partial charge in [0.2, 0.25) is 0 Å². The molecular formula is C13H22N2O. The molecule has 16 heavy (non-hydrogen) atoms. The van der Waals surface area contributed by atoms with Crippen LogP contribution in [0.25, 0.3) is 0 Å². The predicted octanol–water partition coefficient (Wildman–Crippen LogP) is 2.37. The topological polar surface area (TPSA) is 34.1 Å². The van der Waals surface area contributed by atoms with Crippen LogP contribution in [0.4, 0.5) is 0 Å². The Morgan fingerprint density at radius 2 is 2.00 bits per heavy atom. The number of hydrogen-bond donors (Lipinski definition) is 1. The molecule has 0 unspecified atom stereocenters. The first-order valence-corrected chi connectivity index (χ1v) is 5.71. The molecular weight excluding hydrogens is 200 g/mol. The van der Waals surface area contributed by atoms with Gasteiger partial charge in [-0.05, 0) is 44.9 Å². The van der Waals surface area contributed by atoms with Gasteiger partial charge in [-0.15, -0.1) is 0 Å². The highest BCUT2D eigenvalue weighted by molar-refractivity contribution is 5.09. The van der Waals surface area contributed by atoms with E-state index in [0.29, 0.717) is 6.04 Å². The Bertz CT molecular complexity index is 298. The van der Waals surface area contributed by atoms with Crippen LogP contribution in [-0.4, -0.2) is 23.7 Å². The molecule has 0 saturated carbocycles. The van der Waals surface area contributed by atoms with E-state index in [1.54, 1.807) is 7.11 Å². The molecule has 0 aliphatic carbocycles. The van der Waals surface area contributed by atoms with E-state index in [2.05, 4.69) is 31.1 Å². The number of pyridine rings is 1. The number of ether oxygens (including phenoxy) is 1. The lowest BCUT2D eigenvalue weighted by Crippen LogP contribution is -2.35. The maximum absolute atomic E-state index is 5.41. The van der Waals surface area contributed by atoms with Crippen molar-refractivity contribution in [1.82, 2.24) is 10.3 Å². The molecule has 0 bridgehead atoms. The molecule has 0 aliphatic heterocycles. The molecule has 0 saturated heterocycles.